The second-order valence-corrected chi connectivity index (χ2v) is 4.55. The summed E-state index contributed by atoms with van der Waals surface area (Å²) in [5.74, 6) is -0.318. The van der Waals surface area contributed by atoms with E-state index in [1.165, 1.54) is 0 Å². The molecule has 4 nitrogen and oxygen atoms in total. The Kier molecular flexibility index (Phi) is 4.45. The Balaban J connectivity index is 2.77. The van der Waals surface area contributed by atoms with E-state index in [1.54, 1.807) is 0 Å². The molecular weight excluding hydrogens is 234 g/mol. The van der Waals surface area contributed by atoms with Gasteiger partial charge in [-0.05, 0) is 37.6 Å². The van der Waals surface area contributed by atoms with Crippen LogP contribution in [0.3, 0.4) is 0 Å². The van der Waals surface area contributed by atoms with Crippen LogP contribution >= 0.6 is 12.2 Å². The monoisotopic (exact) mass is 251 g/mol. The predicted molar refractivity (Wildman–Crippen MR) is 74.0 cm³/mol. The number of nitrogens with two attached hydrogens (primary N) is 2. The zero-order chi connectivity index (χ0) is 13.0. The average molecular weight is 251 g/mol. The van der Waals surface area contributed by atoms with E-state index < -0.39 is 0 Å². The lowest BCUT2D eigenvalue weighted by Crippen LogP contribution is -2.24. The van der Waals surface area contributed by atoms with E-state index in [-0.39, 0.29) is 11.9 Å². The maximum atomic E-state index is 10.8. The summed E-state index contributed by atoms with van der Waals surface area (Å²) in [7, 11) is 0. The Morgan fingerprint density at radius 1 is 1.47 bits per heavy atom. The number of rotatable bonds is 5. The number of anilines is 1. The summed E-state index contributed by atoms with van der Waals surface area (Å²) in [5, 5.41) is 3.20. The Hall–Kier alpha value is -1.62. The first kappa shape index (κ1) is 13.4. The Labute approximate surface area is 106 Å². The fraction of sp³-hybridized carbons (Fsp3) is 0.333. The van der Waals surface area contributed by atoms with Crippen LogP contribution in [0.5, 0.6) is 0 Å². The number of thiocarbonyl (C=S) groups is 1. The Morgan fingerprint density at radius 3 is 2.59 bits per heavy atom. The molecule has 92 valence electrons. The second-order valence-electron chi connectivity index (χ2n) is 4.11. The first-order valence-electron chi connectivity index (χ1n) is 5.35. The van der Waals surface area contributed by atoms with Crippen molar-refractivity contribution < 1.29 is 4.79 Å². The van der Waals surface area contributed by atoms with Gasteiger partial charge in [-0.2, -0.15) is 0 Å². The van der Waals surface area contributed by atoms with Crippen LogP contribution in [0.1, 0.15) is 24.5 Å². The zero-order valence-electron chi connectivity index (χ0n) is 9.99. The van der Waals surface area contributed by atoms with Crippen molar-refractivity contribution in [3.05, 3.63) is 29.3 Å². The summed E-state index contributed by atoms with van der Waals surface area (Å²) in [6.45, 7) is 3.85. The zero-order valence-corrected chi connectivity index (χ0v) is 10.8. The van der Waals surface area contributed by atoms with Crippen molar-refractivity contribution >= 4 is 28.8 Å². The molecule has 0 bridgehead atoms. The molecule has 0 saturated heterocycles. The van der Waals surface area contributed by atoms with Crippen molar-refractivity contribution in [2.24, 2.45) is 11.5 Å². The van der Waals surface area contributed by atoms with Gasteiger partial charge < -0.3 is 16.8 Å². The van der Waals surface area contributed by atoms with Crippen LogP contribution in [-0.2, 0) is 4.79 Å². The lowest BCUT2D eigenvalue weighted by Gasteiger charge is -2.15. The molecule has 0 aliphatic rings. The van der Waals surface area contributed by atoms with Crippen LogP contribution in [0, 0.1) is 6.92 Å². The maximum Gasteiger partial charge on any atom is 0.219 e. The minimum absolute atomic E-state index is 0.00239. The molecule has 0 spiro atoms. The van der Waals surface area contributed by atoms with Crippen LogP contribution in [-0.4, -0.2) is 16.9 Å². The summed E-state index contributed by atoms with van der Waals surface area (Å²) < 4.78 is 0. The summed E-state index contributed by atoms with van der Waals surface area (Å²) in [4.78, 5) is 11.1. The first-order chi connectivity index (χ1) is 7.90. The molecule has 5 N–H and O–H groups in total. The Morgan fingerprint density at radius 2 is 2.12 bits per heavy atom. The minimum atomic E-state index is -0.318. The number of carbonyl (C=O) groups is 1. The second kappa shape index (κ2) is 5.63. The molecule has 5 heteroatoms. The Bertz CT molecular complexity index is 445. The third-order valence-electron chi connectivity index (χ3n) is 2.41. The predicted octanol–water partition coefficient (Wildman–Crippen LogP) is 1.31. The van der Waals surface area contributed by atoms with Crippen LogP contribution in [0.4, 0.5) is 5.69 Å². The van der Waals surface area contributed by atoms with E-state index in [1.807, 2.05) is 32.0 Å². The first-order valence-corrected chi connectivity index (χ1v) is 5.76. The third kappa shape index (κ3) is 4.03. The largest absolute Gasteiger partial charge is 0.389 e. The van der Waals surface area contributed by atoms with E-state index in [0.717, 1.165) is 16.8 Å². The van der Waals surface area contributed by atoms with Gasteiger partial charge in [-0.15, -0.1) is 0 Å². The topological polar surface area (TPSA) is 81.1 Å². The third-order valence-corrected chi connectivity index (χ3v) is 2.63. The minimum Gasteiger partial charge on any atom is -0.389 e. The molecule has 1 amide bonds. The highest BCUT2D eigenvalue weighted by Gasteiger charge is 2.07. The molecule has 1 aromatic carbocycles. The summed E-state index contributed by atoms with van der Waals surface area (Å²) in [6.07, 6.45) is 0.302. The number of amides is 1. The summed E-state index contributed by atoms with van der Waals surface area (Å²) in [6, 6.07) is 5.71. The molecule has 0 aliphatic carbocycles. The van der Waals surface area contributed by atoms with Gasteiger partial charge >= 0.3 is 0 Å². The highest BCUT2D eigenvalue weighted by atomic mass is 32.1. The number of hydrogen-bond acceptors (Lipinski definition) is 3. The van der Waals surface area contributed by atoms with Gasteiger partial charge in [0.15, 0.2) is 0 Å². The van der Waals surface area contributed by atoms with Crippen molar-refractivity contribution in [2.45, 2.75) is 26.3 Å². The summed E-state index contributed by atoms with van der Waals surface area (Å²) >= 11 is 4.93. The molecule has 0 aromatic heterocycles. The van der Waals surface area contributed by atoms with Crippen molar-refractivity contribution in [3.63, 3.8) is 0 Å². The molecule has 1 unspecified atom stereocenters. The van der Waals surface area contributed by atoms with Crippen LogP contribution in [0.15, 0.2) is 18.2 Å². The van der Waals surface area contributed by atoms with Gasteiger partial charge in [0, 0.05) is 23.7 Å². The fourth-order valence-electron chi connectivity index (χ4n) is 1.67. The van der Waals surface area contributed by atoms with E-state index in [2.05, 4.69) is 5.32 Å². The molecule has 1 aromatic rings. The van der Waals surface area contributed by atoms with Gasteiger partial charge in [-0.25, -0.2) is 0 Å². The van der Waals surface area contributed by atoms with Gasteiger partial charge in [0.25, 0.3) is 0 Å². The van der Waals surface area contributed by atoms with E-state index in [9.17, 15) is 4.79 Å². The van der Waals surface area contributed by atoms with E-state index in [0.29, 0.717) is 11.4 Å². The molecule has 0 radical (unpaired) electrons. The van der Waals surface area contributed by atoms with Gasteiger partial charge in [0.05, 0.1) is 0 Å². The van der Waals surface area contributed by atoms with Gasteiger partial charge in [0.1, 0.15) is 4.99 Å². The van der Waals surface area contributed by atoms with E-state index in [4.69, 9.17) is 23.7 Å². The lowest BCUT2D eigenvalue weighted by atomic mass is 10.1. The average Bonchev–Trinajstić information content (AvgIpc) is 2.15. The van der Waals surface area contributed by atoms with Crippen LogP contribution in [0.2, 0.25) is 0 Å². The number of hydrogen-bond donors (Lipinski definition) is 3. The van der Waals surface area contributed by atoms with Crippen molar-refractivity contribution in [1.82, 2.24) is 0 Å². The van der Waals surface area contributed by atoms with Gasteiger partial charge in [-0.3, -0.25) is 4.79 Å². The highest BCUT2D eigenvalue weighted by Crippen LogP contribution is 2.16. The van der Waals surface area contributed by atoms with Crippen molar-refractivity contribution in [3.8, 4) is 0 Å². The molecule has 0 saturated carbocycles. The van der Waals surface area contributed by atoms with Crippen molar-refractivity contribution in [1.29, 1.82) is 0 Å². The highest BCUT2D eigenvalue weighted by molar-refractivity contribution is 7.80. The standard InChI is InChI=1S/C12H17N3OS/c1-7-5-9(3-4-10(7)12(14)17)15-8(2)6-11(13)16/h3-5,8,15H,6H2,1-2H3,(H2,13,16)(H2,14,17). The normalized spacial score (nSPS) is 11.9. The molecule has 1 atom stereocenters. The molecule has 0 fully saturated rings. The van der Waals surface area contributed by atoms with Gasteiger partial charge in [-0.1, -0.05) is 12.2 Å². The molecule has 0 heterocycles. The quantitative estimate of drug-likeness (QED) is 0.689. The lowest BCUT2D eigenvalue weighted by molar-refractivity contribution is -0.118. The van der Waals surface area contributed by atoms with Gasteiger partial charge in [0.2, 0.25) is 5.91 Å². The molecule has 1 rings (SSSR count). The smallest absolute Gasteiger partial charge is 0.219 e. The maximum absolute atomic E-state index is 10.8. The number of aryl methyl sites for hydroxylation is 1. The SMILES string of the molecule is Cc1cc(NC(C)CC(N)=O)ccc1C(N)=S. The number of primary amides is 1. The number of benzene rings is 1. The van der Waals surface area contributed by atoms with Crippen LogP contribution < -0.4 is 16.8 Å². The number of carbonyl (C=O) groups excluding carboxylic acids is 1. The molecule has 0 aliphatic heterocycles. The summed E-state index contributed by atoms with van der Waals surface area (Å²) in [5.41, 5.74) is 13.5. The fourth-order valence-corrected chi connectivity index (χ4v) is 1.90. The van der Waals surface area contributed by atoms with Crippen LogP contribution in [0.25, 0.3) is 0 Å². The van der Waals surface area contributed by atoms with E-state index >= 15 is 0 Å². The number of nitrogens with one attached hydrogen (secondary N) is 1. The molecule has 17 heavy (non-hydrogen) atoms. The van der Waals surface area contributed by atoms with Crippen molar-refractivity contribution in [2.75, 3.05) is 5.32 Å². The molecular formula is C12H17N3OS.